The Hall–Kier alpha value is -5.22. The summed E-state index contributed by atoms with van der Waals surface area (Å²) in [4.78, 5) is 5.12. The van der Waals surface area contributed by atoms with Gasteiger partial charge >= 0.3 is 0 Å². The maximum absolute atomic E-state index is 2.63. The van der Waals surface area contributed by atoms with Crippen molar-refractivity contribution in [1.29, 1.82) is 0 Å². The van der Waals surface area contributed by atoms with Crippen LogP contribution >= 0.6 is 0 Å². The number of aromatic nitrogens is 1. The van der Waals surface area contributed by atoms with Gasteiger partial charge in [-0.05, 0) is 111 Å². The Morgan fingerprint density at radius 1 is 0.510 bits per heavy atom. The van der Waals surface area contributed by atoms with Crippen molar-refractivity contribution in [3.63, 3.8) is 0 Å². The molecule has 0 N–H and O–H groups in total. The molecule has 0 radical (unpaired) electrons. The molecule has 4 heteroatoms. The Balaban J connectivity index is 1.38. The summed E-state index contributed by atoms with van der Waals surface area (Å²) in [7, 11) is 0. The van der Waals surface area contributed by atoms with E-state index in [2.05, 4.69) is 178 Å². The lowest BCUT2D eigenvalue weighted by Crippen LogP contribution is -2.61. The van der Waals surface area contributed by atoms with Crippen LogP contribution in [0.5, 0.6) is 0 Å². The van der Waals surface area contributed by atoms with E-state index in [9.17, 15) is 0 Å². The monoisotopic (exact) mass is 633 g/mol. The van der Waals surface area contributed by atoms with Gasteiger partial charge in [-0.3, -0.25) is 0 Å². The molecule has 0 aliphatic carbocycles. The van der Waals surface area contributed by atoms with Gasteiger partial charge in [0, 0.05) is 33.5 Å². The average Bonchev–Trinajstić information content (AvgIpc) is 3.41. The van der Waals surface area contributed by atoms with E-state index >= 15 is 0 Å². The van der Waals surface area contributed by atoms with E-state index < -0.39 is 0 Å². The fourth-order valence-electron chi connectivity index (χ4n) is 8.85. The van der Waals surface area contributed by atoms with Crippen LogP contribution in [-0.2, 0) is 10.8 Å². The molecule has 6 aromatic carbocycles. The van der Waals surface area contributed by atoms with Crippen LogP contribution in [0.4, 0.5) is 34.1 Å². The second-order valence-electron chi connectivity index (χ2n) is 16.4. The van der Waals surface area contributed by atoms with Gasteiger partial charge in [0.2, 0.25) is 0 Å². The third-order valence-corrected chi connectivity index (χ3v) is 11.2. The summed E-state index contributed by atoms with van der Waals surface area (Å²) in [6.45, 7) is 16.4. The molecular weight excluding hydrogens is 593 g/mol. The second-order valence-corrected chi connectivity index (χ2v) is 16.4. The molecule has 0 saturated heterocycles. The molecule has 7 aromatic rings. The van der Waals surface area contributed by atoms with Gasteiger partial charge in [0.05, 0.1) is 28.1 Å². The van der Waals surface area contributed by atoms with Gasteiger partial charge in [-0.25, -0.2) is 0 Å². The van der Waals surface area contributed by atoms with E-state index in [1.165, 1.54) is 94.7 Å². The van der Waals surface area contributed by atoms with E-state index in [1.807, 2.05) is 0 Å². The number of nitrogens with zero attached hydrogens (tertiary/aromatic N) is 3. The molecule has 0 saturated carbocycles. The Morgan fingerprint density at radius 3 is 1.92 bits per heavy atom. The summed E-state index contributed by atoms with van der Waals surface area (Å²) in [6.07, 6.45) is 0. The Morgan fingerprint density at radius 2 is 1.16 bits per heavy atom. The Kier molecular flexibility index (Phi) is 5.56. The lowest BCUT2D eigenvalue weighted by molar-refractivity contribution is 0.590. The lowest BCUT2D eigenvalue weighted by atomic mass is 9.33. The van der Waals surface area contributed by atoms with Gasteiger partial charge in [-0.2, -0.15) is 0 Å². The van der Waals surface area contributed by atoms with E-state index in [0.717, 1.165) is 0 Å². The molecule has 0 unspecified atom stereocenters. The first kappa shape index (κ1) is 28.8. The van der Waals surface area contributed by atoms with Crippen LogP contribution in [0.15, 0.2) is 115 Å². The van der Waals surface area contributed by atoms with Crippen molar-refractivity contribution in [3.05, 3.63) is 132 Å². The third kappa shape index (κ3) is 3.80. The SMILES string of the molecule is Cc1cc2c3c(c1)N1c4c(cccc4-n4c5ccc(C(C)(C)C)cc5c5cc(C(C)(C)C)cc1c54)B3c1ccccc1N2c1ccccc1. The number of aryl methyl sites for hydroxylation is 1. The number of para-hydroxylation sites is 3. The van der Waals surface area contributed by atoms with Gasteiger partial charge in [-0.1, -0.05) is 96.1 Å². The molecule has 3 nitrogen and oxygen atoms in total. The normalized spacial score (nSPS) is 14.3. The highest BCUT2D eigenvalue weighted by Crippen LogP contribution is 2.53. The summed E-state index contributed by atoms with van der Waals surface area (Å²) < 4.78 is 2.57. The van der Waals surface area contributed by atoms with Crippen LogP contribution in [0, 0.1) is 6.92 Å². The Bertz CT molecular complexity index is 2540. The second kappa shape index (κ2) is 9.48. The van der Waals surface area contributed by atoms with Crippen LogP contribution in [0.3, 0.4) is 0 Å². The number of hydrogen-bond donors (Lipinski definition) is 0. The zero-order valence-corrected chi connectivity index (χ0v) is 29.4. The summed E-state index contributed by atoms with van der Waals surface area (Å²) in [5.74, 6) is 0. The number of hydrogen-bond acceptors (Lipinski definition) is 2. The molecule has 3 aliphatic heterocycles. The highest BCUT2D eigenvalue weighted by Gasteiger charge is 2.46. The molecule has 0 atom stereocenters. The van der Waals surface area contributed by atoms with Gasteiger partial charge in [0.25, 0.3) is 6.71 Å². The first-order chi connectivity index (χ1) is 23.5. The van der Waals surface area contributed by atoms with E-state index in [1.54, 1.807) is 0 Å². The van der Waals surface area contributed by atoms with Crippen molar-refractivity contribution in [1.82, 2.24) is 4.57 Å². The van der Waals surface area contributed by atoms with Crippen molar-refractivity contribution < 1.29 is 0 Å². The van der Waals surface area contributed by atoms with Gasteiger partial charge < -0.3 is 14.4 Å². The van der Waals surface area contributed by atoms with Crippen molar-refractivity contribution in [2.24, 2.45) is 0 Å². The largest absolute Gasteiger partial charge is 0.311 e. The fraction of sp³-hybridized carbons (Fsp3) is 0.200. The molecule has 3 aliphatic rings. The zero-order chi connectivity index (χ0) is 33.6. The van der Waals surface area contributed by atoms with Crippen LogP contribution in [-0.4, -0.2) is 11.3 Å². The number of anilines is 6. The minimum absolute atomic E-state index is 0.0199. The maximum atomic E-state index is 2.63. The van der Waals surface area contributed by atoms with Crippen LogP contribution in [0.25, 0.3) is 27.5 Å². The quantitative estimate of drug-likeness (QED) is 0.167. The molecule has 0 spiro atoms. The lowest BCUT2D eigenvalue weighted by Gasteiger charge is -2.46. The third-order valence-electron chi connectivity index (χ3n) is 11.2. The molecule has 10 rings (SSSR count). The number of rotatable bonds is 1. The fourth-order valence-corrected chi connectivity index (χ4v) is 8.85. The first-order valence-corrected chi connectivity index (χ1v) is 17.7. The molecule has 4 heterocycles. The summed E-state index contributed by atoms with van der Waals surface area (Å²) >= 11 is 0. The first-order valence-electron chi connectivity index (χ1n) is 17.7. The van der Waals surface area contributed by atoms with Crippen molar-refractivity contribution in [2.75, 3.05) is 9.80 Å². The minimum Gasteiger partial charge on any atom is -0.311 e. The molecule has 238 valence electrons. The predicted molar refractivity (Wildman–Crippen MR) is 210 cm³/mol. The van der Waals surface area contributed by atoms with Gasteiger partial charge in [0.15, 0.2) is 0 Å². The van der Waals surface area contributed by atoms with E-state index in [4.69, 9.17) is 0 Å². The zero-order valence-electron chi connectivity index (χ0n) is 29.4. The topological polar surface area (TPSA) is 11.4 Å². The highest BCUT2D eigenvalue weighted by atomic mass is 15.2. The molecular formula is C45H40BN3. The molecule has 1 aromatic heterocycles. The molecule has 49 heavy (non-hydrogen) atoms. The average molecular weight is 634 g/mol. The van der Waals surface area contributed by atoms with Crippen molar-refractivity contribution in [2.45, 2.75) is 59.3 Å². The highest BCUT2D eigenvalue weighted by molar-refractivity contribution is 7.00. The van der Waals surface area contributed by atoms with E-state index in [0.29, 0.717) is 0 Å². The summed E-state index contributed by atoms with van der Waals surface area (Å²) in [5.41, 5.74) is 19.5. The van der Waals surface area contributed by atoms with Crippen LogP contribution in [0.1, 0.15) is 58.2 Å². The molecule has 0 amide bonds. The van der Waals surface area contributed by atoms with Crippen LogP contribution < -0.4 is 26.2 Å². The summed E-state index contributed by atoms with van der Waals surface area (Å²) in [6, 6.07) is 43.9. The molecule has 0 fully saturated rings. The van der Waals surface area contributed by atoms with Crippen LogP contribution in [0.2, 0.25) is 0 Å². The number of benzene rings is 6. The van der Waals surface area contributed by atoms with Gasteiger partial charge in [0.1, 0.15) is 0 Å². The van der Waals surface area contributed by atoms with Gasteiger partial charge in [-0.15, -0.1) is 0 Å². The maximum Gasteiger partial charge on any atom is 0.252 e. The standard InChI is InChI=1S/C45H40BN3/c1-27-22-38-41-39(23-27)49-40-26-29(45(5,6)7)25-32-31-24-28(44(2,3)4)20-21-35(31)48(42(32)40)37-19-13-17-34(43(37)49)46(41)33-16-11-12-18-36(33)47(38)30-14-9-8-10-15-30/h8-26H,1-7H3. The minimum atomic E-state index is -0.0199. The van der Waals surface area contributed by atoms with E-state index in [-0.39, 0.29) is 17.5 Å². The number of fused-ring (bicyclic) bond motifs is 9. The smallest absolute Gasteiger partial charge is 0.252 e. The van der Waals surface area contributed by atoms with Crippen molar-refractivity contribution in [3.8, 4) is 5.69 Å². The summed E-state index contributed by atoms with van der Waals surface area (Å²) in [5, 5.41) is 2.67. The predicted octanol–water partition coefficient (Wildman–Crippen LogP) is 10.1. The van der Waals surface area contributed by atoms with Crippen molar-refractivity contribution >= 4 is 79.0 Å². The Labute approximate surface area is 289 Å². The molecule has 0 bridgehead atoms.